The summed E-state index contributed by atoms with van der Waals surface area (Å²) in [4.78, 5) is 38.2. The minimum absolute atomic E-state index is 0.0486. The number of hydrogen-bond acceptors (Lipinski definition) is 5. The number of hydrogen-bond donors (Lipinski definition) is 0. The average molecular weight is 417 g/mol. The van der Waals surface area contributed by atoms with Crippen LogP contribution in [0.3, 0.4) is 0 Å². The summed E-state index contributed by atoms with van der Waals surface area (Å²) >= 11 is 5.99. The van der Waals surface area contributed by atoms with Gasteiger partial charge in [0.2, 0.25) is 0 Å². The number of carbonyl (C=O) groups excluding carboxylic acids is 3. The van der Waals surface area contributed by atoms with Crippen molar-refractivity contribution in [1.82, 2.24) is 0 Å². The van der Waals surface area contributed by atoms with Gasteiger partial charge in [-0.05, 0) is 38.5 Å². The highest BCUT2D eigenvalue weighted by Crippen LogP contribution is 2.33. The number of carbonyl (C=O) groups is 3. The van der Waals surface area contributed by atoms with Crippen LogP contribution in [0.4, 0.5) is 0 Å². The van der Waals surface area contributed by atoms with E-state index in [9.17, 15) is 14.4 Å². The SMILES string of the molecule is CCOC(=O)C(C(=O)OCC)C(CC(=O)c1ccc(C)cc1)c1ccc(Cl)cc1. The Morgan fingerprint density at radius 3 is 1.86 bits per heavy atom. The topological polar surface area (TPSA) is 69.7 Å². The van der Waals surface area contributed by atoms with Gasteiger partial charge in [0.1, 0.15) is 0 Å². The maximum absolute atomic E-state index is 12.9. The highest BCUT2D eigenvalue weighted by atomic mass is 35.5. The number of ketones is 1. The smallest absolute Gasteiger partial charge is 0.320 e. The van der Waals surface area contributed by atoms with Gasteiger partial charge in [-0.1, -0.05) is 53.6 Å². The molecule has 0 aromatic heterocycles. The van der Waals surface area contributed by atoms with Crippen molar-refractivity contribution in [3.63, 3.8) is 0 Å². The quantitative estimate of drug-likeness (QED) is 0.335. The molecule has 0 amide bonds. The Labute approximate surface area is 176 Å². The summed E-state index contributed by atoms with van der Waals surface area (Å²) in [6.45, 7) is 5.49. The summed E-state index contributed by atoms with van der Waals surface area (Å²) < 4.78 is 10.2. The van der Waals surface area contributed by atoms with Crippen molar-refractivity contribution in [2.75, 3.05) is 13.2 Å². The number of Topliss-reactive ketones (excluding diaryl/α,β-unsaturated/α-hetero) is 1. The molecule has 0 aliphatic rings. The van der Waals surface area contributed by atoms with Gasteiger partial charge in [-0.25, -0.2) is 0 Å². The first-order chi connectivity index (χ1) is 13.9. The standard InChI is InChI=1S/C23H25ClO5/c1-4-28-22(26)21(23(27)29-5-2)19(16-10-12-18(24)13-11-16)14-20(25)17-8-6-15(3)7-9-17/h6-13,19,21H,4-5,14H2,1-3H3. The van der Waals surface area contributed by atoms with Crippen LogP contribution >= 0.6 is 11.6 Å². The summed E-state index contributed by atoms with van der Waals surface area (Å²) in [6.07, 6.45) is -0.0486. The van der Waals surface area contributed by atoms with Crippen LogP contribution in [-0.4, -0.2) is 30.9 Å². The zero-order valence-electron chi connectivity index (χ0n) is 16.8. The summed E-state index contributed by atoms with van der Waals surface area (Å²) in [5.74, 6) is -3.57. The van der Waals surface area contributed by atoms with E-state index >= 15 is 0 Å². The van der Waals surface area contributed by atoms with Gasteiger partial charge in [0, 0.05) is 22.9 Å². The Morgan fingerprint density at radius 2 is 1.38 bits per heavy atom. The van der Waals surface area contributed by atoms with E-state index < -0.39 is 23.8 Å². The zero-order valence-corrected chi connectivity index (χ0v) is 17.6. The van der Waals surface area contributed by atoms with E-state index in [0.29, 0.717) is 16.1 Å². The molecule has 0 aliphatic heterocycles. The van der Waals surface area contributed by atoms with Gasteiger partial charge in [0.15, 0.2) is 11.7 Å². The largest absolute Gasteiger partial charge is 0.465 e. The van der Waals surface area contributed by atoms with Gasteiger partial charge >= 0.3 is 11.9 Å². The third-order valence-electron chi connectivity index (χ3n) is 4.56. The van der Waals surface area contributed by atoms with Gasteiger partial charge in [-0.2, -0.15) is 0 Å². The van der Waals surface area contributed by atoms with E-state index in [0.717, 1.165) is 5.56 Å². The van der Waals surface area contributed by atoms with E-state index in [1.54, 1.807) is 50.2 Å². The molecule has 5 nitrogen and oxygen atoms in total. The lowest BCUT2D eigenvalue weighted by atomic mass is 9.81. The Balaban J connectivity index is 2.44. The van der Waals surface area contributed by atoms with Gasteiger partial charge in [0.25, 0.3) is 0 Å². The highest BCUT2D eigenvalue weighted by molar-refractivity contribution is 6.30. The van der Waals surface area contributed by atoms with Crippen molar-refractivity contribution in [2.24, 2.45) is 5.92 Å². The minimum atomic E-state index is -1.24. The normalized spacial score (nSPS) is 11.8. The molecule has 1 atom stereocenters. The van der Waals surface area contributed by atoms with Crippen molar-refractivity contribution >= 4 is 29.3 Å². The summed E-state index contributed by atoms with van der Waals surface area (Å²) in [5, 5.41) is 0.515. The Bertz CT molecular complexity index is 825. The molecule has 0 bridgehead atoms. The number of benzene rings is 2. The summed E-state index contributed by atoms with van der Waals surface area (Å²) in [7, 11) is 0. The molecule has 0 fully saturated rings. The van der Waals surface area contributed by atoms with Crippen molar-refractivity contribution in [1.29, 1.82) is 0 Å². The molecular formula is C23H25ClO5. The number of halogens is 1. The van der Waals surface area contributed by atoms with Crippen LogP contribution < -0.4 is 0 Å². The fraction of sp³-hybridized carbons (Fsp3) is 0.348. The summed E-state index contributed by atoms with van der Waals surface area (Å²) in [5.41, 5.74) is 2.19. The maximum atomic E-state index is 12.9. The molecule has 2 rings (SSSR count). The van der Waals surface area contributed by atoms with Crippen LogP contribution in [-0.2, 0) is 19.1 Å². The fourth-order valence-electron chi connectivity index (χ4n) is 3.08. The van der Waals surface area contributed by atoms with Crippen LogP contribution in [0.1, 0.15) is 47.7 Å². The van der Waals surface area contributed by atoms with Crippen LogP contribution in [0.5, 0.6) is 0 Å². The number of ether oxygens (including phenoxy) is 2. The Kier molecular flexibility index (Phi) is 8.40. The lowest BCUT2D eigenvalue weighted by Gasteiger charge is -2.24. The first kappa shape index (κ1) is 22.6. The number of rotatable bonds is 9. The molecule has 2 aromatic rings. The predicted molar refractivity (Wildman–Crippen MR) is 111 cm³/mol. The molecule has 29 heavy (non-hydrogen) atoms. The molecular weight excluding hydrogens is 392 g/mol. The second-order valence-corrected chi connectivity index (χ2v) is 7.07. The molecule has 154 valence electrons. The third-order valence-corrected chi connectivity index (χ3v) is 4.81. The average Bonchev–Trinajstić information content (AvgIpc) is 2.69. The van der Waals surface area contributed by atoms with Crippen molar-refractivity contribution in [2.45, 2.75) is 33.1 Å². The van der Waals surface area contributed by atoms with Crippen molar-refractivity contribution in [3.8, 4) is 0 Å². The molecule has 0 saturated carbocycles. The number of aryl methyl sites for hydroxylation is 1. The van der Waals surface area contributed by atoms with E-state index in [2.05, 4.69) is 0 Å². The highest BCUT2D eigenvalue weighted by Gasteiger charge is 2.39. The fourth-order valence-corrected chi connectivity index (χ4v) is 3.21. The van der Waals surface area contributed by atoms with E-state index in [1.165, 1.54) is 0 Å². The minimum Gasteiger partial charge on any atom is -0.465 e. The van der Waals surface area contributed by atoms with Crippen molar-refractivity contribution in [3.05, 3.63) is 70.2 Å². The molecule has 0 radical (unpaired) electrons. The van der Waals surface area contributed by atoms with Gasteiger partial charge in [-0.15, -0.1) is 0 Å². The van der Waals surface area contributed by atoms with Crippen LogP contribution in [0, 0.1) is 12.8 Å². The molecule has 2 aromatic carbocycles. The monoisotopic (exact) mass is 416 g/mol. The third kappa shape index (κ3) is 6.16. The van der Waals surface area contributed by atoms with E-state index in [1.807, 2.05) is 19.1 Å². The first-order valence-corrected chi connectivity index (χ1v) is 9.93. The van der Waals surface area contributed by atoms with Gasteiger partial charge in [0.05, 0.1) is 13.2 Å². The Morgan fingerprint density at radius 1 is 0.862 bits per heavy atom. The second kappa shape index (κ2) is 10.8. The van der Waals surface area contributed by atoms with Gasteiger partial charge < -0.3 is 9.47 Å². The van der Waals surface area contributed by atoms with Crippen LogP contribution in [0.15, 0.2) is 48.5 Å². The van der Waals surface area contributed by atoms with Crippen LogP contribution in [0.2, 0.25) is 5.02 Å². The second-order valence-electron chi connectivity index (χ2n) is 6.63. The van der Waals surface area contributed by atoms with E-state index in [4.69, 9.17) is 21.1 Å². The molecule has 0 aliphatic carbocycles. The Hall–Kier alpha value is -2.66. The molecule has 0 saturated heterocycles. The molecule has 0 spiro atoms. The lowest BCUT2D eigenvalue weighted by molar-refractivity contribution is -0.162. The van der Waals surface area contributed by atoms with Crippen LogP contribution in [0.25, 0.3) is 0 Å². The summed E-state index contributed by atoms with van der Waals surface area (Å²) in [6, 6.07) is 13.9. The predicted octanol–water partition coefficient (Wildman–Crippen LogP) is 4.75. The van der Waals surface area contributed by atoms with E-state index in [-0.39, 0.29) is 25.4 Å². The molecule has 0 N–H and O–H groups in total. The zero-order chi connectivity index (χ0) is 21.4. The molecule has 1 unspecified atom stereocenters. The maximum Gasteiger partial charge on any atom is 0.320 e. The molecule has 0 heterocycles. The van der Waals surface area contributed by atoms with Gasteiger partial charge in [-0.3, -0.25) is 14.4 Å². The lowest BCUT2D eigenvalue weighted by Crippen LogP contribution is -2.34. The van der Waals surface area contributed by atoms with Crippen molar-refractivity contribution < 1.29 is 23.9 Å². The molecule has 6 heteroatoms. The number of esters is 2. The first-order valence-electron chi connectivity index (χ1n) is 9.56.